The fourth-order valence-corrected chi connectivity index (χ4v) is 4.51. The van der Waals surface area contributed by atoms with Crippen LogP contribution < -0.4 is 10.5 Å². The summed E-state index contributed by atoms with van der Waals surface area (Å²) in [7, 11) is -3.59. The lowest BCUT2D eigenvalue weighted by atomic mass is 10.4. The van der Waals surface area contributed by atoms with E-state index in [2.05, 4.69) is 16.6 Å². The molecule has 2 rings (SSSR count). The van der Waals surface area contributed by atoms with Gasteiger partial charge in [0.1, 0.15) is 15.2 Å². The highest BCUT2D eigenvalue weighted by molar-refractivity contribution is 7.91. The molecule has 0 aliphatic rings. The molecule has 0 aromatic carbocycles. The summed E-state index contributed by atoms with van der Waals surface area (Å²) >= 11 is 2.36. The number of nitriles is 1. The number of rotatable bonds is 4. The van der Waals surface area contributed by atoms with Crippen molar-refractivity contribution in [1.29, 1.82) is 5.26 Å². The van der Waals surface area contributed by atoms with E-state index in [4.69, 9.17) is 11.0 Å². The molecule has 21 heavy (non-hydrogen) atoms. The number of thiophene rings is 2. The molecule has 0 unspecified atom stereocenters. The van der Waals surface area contributed by atoms with Crippen molar-refractivity contribution in [3.63, 3.8) is 0 Å². The Labute approximate surface area is 131 Å². The quantitative estimate of drug-likeness (QED) is 0.826. The van der Waals surface area contributed by atoms with Crippen molar-refractivity contribution in [1.82, 2.24) is 4.72 Å². The monoisotopic (exact) mass is 337 g/mol. The Hall–Kier alpha value is -1.68. The van der Waals surface area contributed by atoms with Crippen LogP contribution in [0.5, 0.6) is 0 Å². The van der Waals surface area contributed by atoms with Crippen molar-refractivity contribution in [2.45, 2.75) is 10.8 Å². The van der Waals surface area contributed by atoms with Gasteiger partial charge in [-0.3, -0.25) is 0 Å². The number of hydrogen-bond acceptors (Lipinski definition) is 6. The molecule has 0 amide bonds. The van der Waals surface area contributed by atoms with E-state index in [0.29, 0.717) is 11.4 Å². The van der Waals surface area contributed by atoms with Crippen molar-refractivity contribution < 1.29 is 8.42 Å². The predicted octanol–water partition coefficient (Wildman–Crippen LogP) is 1.47. The van der Waals surface area contributed by atoms with Gasteiger partial charge in [0, 0.05) is 11.4 Å². The highest BCUT2D eigenvalue weighted by Gasteiger charge is 2.16. The van der Waals surface area contributed by atoms with Crippen molar-refractivity contribution >= 4 is 32.7 Å². The molecule has 0 saturated carbocycles. The molecule has 108 valence electrons. The van der Waals surface area contributed by atoms with Crippen LogP contribution >= 0.6 is 22.7 Å². The average Bonchev–Trinajstić information content (AvgIpc) is 3.12. The van der Waals surface area contributed by atoms with Crippen LogP contribution in [-0.2, 0) is 16.6 Å². The van der Waals surface area contributed by atoms with Gasteiger partial charge in [0.25, 0.3) is 0 Å². The minimum atomic E-state index is -3.59. The molecule has 0 atom stereocenters. The third kappa shape index (κ3) is 4.14. The van der Waals surface area contributed by atoms with E-state index >= 15 is 0 Å². The summed E-state index contributed by atoms with van der Waals surface area (Å²) in [4.78, 5) is 2.07. The zero-order valence-corrected chi connectivity index (χ0v) is 13.2. The van der Waals surface area contributed by atoms with Gasteiger partial charge in [0.15, 0.2) is 0 Å². The van der Waals surface area contributed by atoms with Crippen LogP contribution in [0.25, 0.3) is 0 Å². The Balaban J connectivity index is 2.05. The van der Waals surface area contributed by atoms with E-state index in [0.717, 1.165) is 21.1 Å². The lowest BCUT2D eigenvalue weighted by Crippen LogP contribution is -2.21. The van der Waals surface area contributed by atoms with Crippen molar-refractivity contribution in [2.75, 3.05) is 6.54 Å². The second kappa shape index (κ2) is 6.85. The zero-order valence-electron chi connectivity index (χ0n) is 10.8. The number of sulfonamides is 1. The van der Waals surface area contributed by atoms with E-state index in [-0.39, 0.29) is 10.8 Å². The Morgan fingerprint density at radius 2 is 1.95 bits per heavy atom. The fraction of sp³-hybridized carbons (Fsp3) is 0.154. The highest BCUT2D eigenvalue weighted by atomic mass is 32.2. The summed E-state index contributed by atoms with van der Waals surface area (Å²) in [6.45, 7) is 0.483. The number of nitrogens with one attached hydrogen (secondary N) is 1. The van der Waals surface area contributed by atoms with Gasteiger partial charge in [0.05, 0.1) is 11.4 Å². The summed E-state index contributed by atoms with van der Waals surface area (Å²) in [6, 6.07) is 8.49. The molecule has 0 bridgehead atoms. The van der Waals surface area contributed by atoms with Gasteiger partial charge in [-0.25, -0.2) is 13.1 Å². The van der Waals surface area contributed by atoms with Gasteiger partial charge < -0.3 is 5.73 Å². The largest absolute Gasteiger partial charge is 0.320 e. The smallest absolute Gasteiger partial charge is 0.250 e. The Kier molecular flexibility index (Phi) is 5.12. The van der Waals surface area contributed by atoms with Crippen LogP contribution in [0.1, 0.15) is 14.6 Å². The van der Waals surface area contributed by atoms with Crippen LogP contribution in [0, 0.1) is 23.2 Å². The maximum Gasteiger partial charge on any atom is 0.250 e. The Bertz CT molecular complexity index is 832. The van der Waals surface area contributed by atoms with E-state index in [1.807, 2.05) is 18.2 Å². The molecule has 3 N–H and O–H groups in total. The zero-order chi connectivity index (χ0) is 15.3. The fourth-order valence-electron chi connectivity index (χ4n) is 1.44. The SMILES string of the molecule is N#Cc1ccc(S(=O)(=O)NCc2ccc(C#CCN)s2)s1. The minimum absolute atomic E-state index is 0.138. The standard InChI is InChI=1S/C13H11N3O2S3/c14-7-1-2-10-3-4-12(19-10)9-16-21(17,18)13-6-5-11(8-15)20-13/h3-6,16H,7,9,14H2. The Morgan fingerprint density at radius 3 is 2.62 bits per heavy atom. The highest BCUT2D eigenvalue weighted by Crippen LogP contribution is 2.21. The second-order valence-corrected chi connectivity index (χ2v) is 8.07. The van der Waals surface area contributed by atoms with Gasteiger partial charge in [-0.15, -0.1) is 22.7 Å². The number of nitrogens with two attached hydrogens (primary N) is 1. The maximum atomic E-state index is 12.1. The topological polar surface area (TPSA) is 96.0 Å². The molecule has 0 aliphatic carbocycles. The molecular formula is C13H11N3O2S3. The molecule has 0 radical (unpaired) electrons. The molecule has 0 saturated heterocycles. The average molecular weight is 337 g/mol. The summed E-state index contributed by atoms with van der Waals surface area (Å²) < 4.78 is 26.8. The first-order valence-electron chi connectivity index (χ1n) is 5.82. The third-order valence-electron chi connectivity index (χ3n) is 2.37. The number of hydrogen-bond donors (Lipinski definition) is 2. The predicted molar refractivity (Wildman–Crippen MR) is 83.3 cm³/mol. The summed E-state index contributed by atoms with van der Waals surface area (Å²) in [5.41, 5.74) is 5.29. The third-order valence-corrected chi connectivity index (χ3v) is 6.25. The molecule has 0 aliphatic heterocycles. The van der Waals surface area contributed by atoms with E-state index in [9.17, 15) is 8.42 Å². The van der Waals surface area contributed by atoms with Gasteiger partial charge in [-0.05, 0) is 24.3 Å². The molecular weight excluding hydrogens is 326 g/mol. The molecule has 2 aromatic rings. The molecule has 2 aromatic heterocycles. The Morgan fingerprint density at radius 1 is 1.19 bits per heavy atom. The van der Waals surface area contributed by atoms with Gasteiger partial charge in [-0.1, -0.05) is 11.8 Å². The van der Waals surface area contributed by atoms with Gasteiger partial charge in [-0.2, -0.15) is 5.26 Å². The first-order chi connectivity index (χ1) is 10.0. The van der Waals surface area contributed by atoms with Crippen LogP contribution in [0.15, 0.2) is 28.5 Å². The molecule has 5 nitrogen and oxygen atoms in total. The minimum Gasteiger partial charge on any atom is -0.320 e. The van der Waals surface area contributed by atoms with Gasteiger partial charge in [0.2, 0.25) is 10.0 Å². The van der Waals surface area contributed by atoms with Crippen LogP contribution in [-0.4, -0.2) is 15.0 Å². The van der Waals surface area contributed by atoms with Crippen molar-refractivity contribution in [3.8, 4) is 17.9 Å². The lowest BCUT2D eigenvalue weighted by molar-refractivity contribution is 0.584. The van der Waals surface area contributed by atoms with Crippen molar-refractivity contribution in [2.24, 2.45) is 5.73 Å². The van der Waals surface area contributed by atoms with Crippen LogP contribution in [0.3, 0.4) is 0 Å². The van der Waals surface area contributed by atoms with Crippen molar-refractivity contribution in [3.05, 3.63) is 38.9 Å². The normalized spacial score (nSPS) is 10.7. The van der Waals surface area contributed by atoms with E-state index < -0.39 is 10.0 Å². The molecule has 0 spiro atoms. The first kappa shape index (κ1) is 15.7. The molecule has 0 fully saturated rings. The molecule has 8 heteroatoms. The lowest BCUT2D eigenvalue weighted by Gasteiger charge is -2.02. The summed E-state index contributed by atoms with van der Waals surface area (Å²) in [6.07, 6.45) is 0. The maximum absolute atomic E-state index is 12.1. The summed E-state index contributed by atoms with van der Waals surface area (Å²) in [5, 5.41) is 8.72. The van der Waals surface area contributed by atoms with Crippen LogP contribution in [0.2, 0.25) is 0 Å². The van der Waals surface area contributed by atoms with Crippen LogP contribution in [0.4, 0.5) is 0 Å². The van der Waals surface area contributed by atoms with E-state index in [1.165, 1.54) is 23.5 Å². The van der Waals surface area contributed by atoms with E-state index in [1.54, 1.807) is 0 Å². The summed E-state index contributed by atoms with van der Waals surface area (Å²) in [5.74, 6) is 5.64. The number of nitrogens with zero attached hydrogens (tertiary/aromatic N) is 1. The second-order valence-electron chi connectivity index (χ2n) is 3.83. The van der Waals surface area contributed by atoms with Gasteiger partial charge >= 0.3 is 0 Å². The first-order valence-corrected chi connectivity index (χ1v) is 8.94. The molecule has 2 heterocycles.